The van der Waals surface area contributed by atoms with Gasteiger partial charge in [-0.3, -0.25) is 9.98 Å². The van der Waals surface area contributed by atoms with E-state index in [1.54, 1.807) is 18.5 Å². The van der Waals surface area contributed by atoms with Crippen LogP contribution in [0.4, 0.5) is 0 Å². The Morgan fingerprint density at radius 3 is 2.61 bits per heavy atom. The Labute approximate surface area is 212 Å². The number of aliphatic hydroxyl groups excluding tert-OH is 1. The van der Waals surface area contributed by atoms with Gasteiger partial charge in [-0.1, -0.05) is 6.92 Å². The molecule has 36 heavy (non-hydrogen) atoms. The highest BCUT2D eigenvalue weighted by Crippen LogP contribution is 2.70. The Hall–Kier alpha value is -2.09. The highest BCUT2D eigenvalue weighted by Gasteiger charge is 2.71. The maximum absolute atomic E-state index is 12.5. The van der Waals surface area contributed by atoms with Crippen LogP contribution in [-0.4, -0.2) is 56.4 Å². The second kappa shape index (κ2) is 8.47. The first-order chi connectivity index (χ1) is 17.2. The number of rotatable bonds is 4. The molecule has 1 aliphatic heterocycles. The lowest BCUT2D eigenvalue weighted by molar-refractivity contribution is -0.237. The van der Waals surface area contributed by atoms with Gasteiger partial charge in [0.2, 0.25) is 0 Å². The minimum absolute atomic E-state index is 0.0442. The predicted octanol–water partition coefficient (Wildman–Crippen LogP) is 3.37. The topological polar surface area (TPSA) is 112 Å². The van der Waals surface area contributed by atoms with Gasteiger partial charge in [-0.2, -0.15) is 0 Å². The molecule has 8 unspecified atom stereocenters. The summed E-state index contributed by atoms with van der Waals surface area (Å²) in [4.78, 5) is 20.8. The number of hydrogen-bond donors (Lipinski definition) is 3. The highest BCUT2D eigenvalue weighted by atomic mass is 16.5. The third-order valence-electron chi connectivity index (χ3n) is 11.0. The molecule has 8 atom stereocenters. The molecular formula is C29H38N2O5. The average molecular weight is 495 g/mol. The van der Waals surface area contributed by atoms with E-state index in [2.05, 4.69) is 11.9 Å². The molecule has 3 N–H and O–H groups in total. The summed E-state index contributed by atoms with van der Waals surface area (Å²) in [6.07, 6.45) is 12.9. The number of carbonyl (C=O) groups excluding carboxylic acids is 1. The molecule has 4 saturated carbocycles. The SMILES string of the molecule is CC12CCC3C(CCC4(O)CC(O)CCC34C=NCc3ccncc3)C1(O)CCC2C1=CC(=O)OC1. The third kappa shape index (κ3) is 3.38. The van der Waals surface area contributed by atoms with Gasteiger partial charge >= 0.3 is 5.97 Å². The van der Waals surface area contributed by atoms with Crippen LogP contribution in [0.15, 0.2) is 41.2 Å². The van der Waals surface area contributed by atoms with E-state index in [1.165, 1.54) is 0 Å². The smallest absolute Gasteiger partial charge is 0.331 e. The van der Waals surface area contributed by atoms with E-state index in [-0.39, 0.29) is 29.1 Å². The maximum Gasteiger partial charge on any atom is 0.331 e. The lowest BCUT2D eigenvalue weighted by atomic mass is 9.41. The number of pyridine rings is 1. The van der Waals surface area contributed by atoms with Gasteiger partial charge in [-0.05, 0) is 92.4 Å². The zero-order valence-corrected chi connectivity index (χ0v) is 21.1. The monoisotopic (exact) mass is 494 g/mol. The number of nitrogens with zero attached hydrogens (tertiary/aromatic N) is 2. The van der Waals surface area contributed by atoms with Gasteiger partial charge in [0, 0.05) is 41.9 Å². The number of cyclic esters (lactones) is 1. The molecule has 5 aliphatic rings. The molecule has 0 spiro atoms. The Bertz CT molecular complexity index is 1090. The standard InChI is InChI=1S/C29H38N2O5/c1-26-8-3-23-24(29(26,35)11-5-22(26)20-14-25(33)36-17-20)4-10-28(34)15-21(32)2-9-27(23,28)18-31-16-19-6-12-30-13-7-19/h6-7,12-14,18,21-24,32,34-35H,2-5,8-11,15-17H2,1H3. The van der Waals surface area contributed by atoms with Crippen LogP contribution in [0.25, 0.3) is 0 Å². The molecule has 6 rings (SSSR count). The largest absolute Gasteiger partial charge is 0.458 e. The van der Waals surface area contributed by atoms with Gasteiger partial charge in [0.25, 0.3) is 0 Å². The first-order valence-electron chi connectivity index (χ1n) is 13.6. The highest BCUT2D eigenvalue weighted by molar-refractivity contribution is 5.85. The molecule has 1 aromatic heterocycles. The molecule has 0 aromatic carbocycles. The molecule has 1 aromatic rings. The van der Waals surface area contributed by atoms with Gasteiger partial charge in [-0.15, -0.1) is 0 Å². The van der Waals surface area contributed by atoms with Crippen molar-refractivity contribution in [2.24, 2.45) is 33.6 Å². The van der Waals surface area contributed by atoms with Gasteiger partial charge in [0.1, 0.15) is 6.61 Å². The fraction of sp³-hybridized carbons (Fsp3) is 0.690. The van der Waals surface area contributed by atoms with Gasteiger partial charge in [-0.25, -0.2) is 4.79 Å². The van der Waals surface area contributed by atoms with E-state index in [1.807, 2.05) is 18.3 Å². The van der Waals surface area contributed by atoms with Crippen molar-refractivity contribution >= 4 is 12.2 Å². The predicted molar refractivity (Wildman–Crippen MR) is 134 cm³/mol. The van der Waals surface area contributed by atoms with Gasteiger partial charge in [0.15, 0.2) is 0 Å². The fourth-order valence-electron chi connectivity index (χ4n) is 9.16. The van der Waals surface area contributed by atoms with Crippen molar-refractivity contribution in [2.45, 2.75) is 88.6 Å². The molecule has 2 heterocycles. The molecule has 0 amide bonds. The van der Waals surface area contributed by atoms with E-state index >= 15 is 0 Å². The maximum atomic E-state index is 12.5. The minimum atomic E-state index is -1.02. The van der Waals surface area contributed by atoms with Crippen molar-refractivity contribution in [1.82, 2.24) is 4.98 Å². The molecule has 0 bridgehead atoms. The molecule has 4 fully saturated rings. The van der Waals surface area contributed by atoms with Crippen molar-refractivity contribution in [1.29, 1.82) is 0 Å². The first-order valence-corrected chi connectivity index (χ1v) is 13.6. The molecule has 7 nitrogen and oxygen atoms in total. The number of ether oxygens (including phenoxy) is 1. The fourth-order valence-corrected chi connectivity index (χ4v) is 9.16. The molecule has 7 heteroatoms. The summed E-state index contributed by atoms with van der Waals surface area (Å²) in [5, 5.41) is 35.1. The third-order valence-corrected chi connectivity index (χ3v) is 11.0. The average Bonchev–Trinajstić information content (AvgIpc) is 3.40. The zero-order valence-electron chi connectivity index (χ0n) is 21.1. The summed E-state index contributed by atoms with van der Waals surface area (Å²) >= 11 is 0. The number of aliphatic imine (C=N–C) groups is 1. The van der Waals surface area contributed by atoms with Crippen LogP contribution in [0.5, 0.6) is 0 Å². The second-order valence-corrected chi connectivity index (χ2v) is 12.3. The van der Waals surface area contributed by atoms with E-state index in [0.29, 0.717) is 45.3 Å². The van der Waals surface area contributed by atoms with Crippen molar-refractivity contribution in [3.8, 4) is 0 Å². The zero-order chi connectivity index (χ0) is 25.2. The number of aromatic nitrogens is 1. The Balaban J connectivity index is 1.35. The van der Waals surface area contributed by atoms with Crippen molar-refractivity contribution in [2.75, 3.05) is 6.61 Å². The number of fused-ring (bicyclic) bond motifs is 5. The molecular weight excluding hydrogens is 456 g/mol. The summed E-state index contributed by atoms with van der Waals surface area (Å²) in [7, 11) is 0. The van der Waals surface area contributed by atoms with Crippen molar-refractivity contribution in [3.05, 3.63) is 41.7 Å². The van der Waals surface area contributed by atoms with Crippen LogP contribution in [0, 0.1) is 28.6 Å². The number of carbonyl (C=O) groups is 1. The van der Waals surface area contributed by atoms with E-state index in [4.69, 9.17) is 9.73 Å². The van der Waals surface area contributed by atoms with E-state index in [9.17, 15) is 20.1 Å². The lowest BCUT2D eigenvalue weighted by Gasteiger charge is -2.65. The summed E-state index contributed by atoms with van der Waals surface area (Å²) < 4.78 is 5.24. The number of hydrogen-bond acceptors (Lipinski definition) is 7. The summed E-state index contributed by atoms with van der Waals surface area (Å²) in [6.45, 7) is 3.07. The van der Waals surface area contributed by atoms with Crippen molar-refractivity contribution in [3.63, 3.8) is 0 Å². The van der Waals surface area contributed by atoms with Gasteiger partial charge < -0.3 is 20.1 Å². The summed E-state index contributed by atoms with van der Waals surface area (Å²) in [5.41, 5.74) is -0.686. The quantitative estimate of drug-likeness (QED) is 0.437. The second-order valence-electron chi connectivity index (χ2n) is 12.3. The van der Waals surface area contributed by atoms with Crippen LogP contribution in [0.3, 0.4) is 0 Å². The van der Waals surface area contributed by atoms with Crippen LogP contribution >= 0.6 is 0 Å². The van der Waals surface area contributed by atoms with Crippen LogP contribution in [0.2, 0.25) is 0 Å². The summed E-state index contributed by atoms with van der Waals surface area (Å²) in [6, 6.07) is 3.91. The normalized spacial score (nSPS) is 46.1. The van der Waals surface area contributed by atoms with E-state index in [0.717, 1.165) is 36.8 Å². The van der Waals surface area contributed by atoms with Gasteiger partial charge in [0.05, 0.1) is 23.9 Å². The van der Waals surface area contributed by atoms with Crippen LogP contribution in [0.1, 0.15) is 70.3 Å². The van der Waals surface area contributed by atoms with Crippen molar-refractivity contribution < 1.29 is 24.9 Å². The number of esters is 1. The lowest BCUT2D eigenvalue weighted by Crippen LogP contribution is -2.68. The number of aliphatic hydroxyl groups is 3. The van der Waals surface area contributed by atoms with E-state index < -0.39 is 22.7 Å². The molecule has 0 saturated heterocycles. The Morgan fingerprint density at radius 1 is 1.08 bits per heavy atom. The first kappa shape index (κ1) is 24.3. The molecule has 4 aliphatic carbocycles. The Kier molecular flexibility index (Phi) is 5.71. The summed E-state index contributed by atoms with van der Waals surface area (Å²) in [5.74, 6) is 0.00532. The van der Waals surface area contributed by atoms with Crippen LogP contribution in [-0.2, 0) is 16.1 Å². The van der Waals surface area contributed by atoms with Crippen LogP contribution < -0.4 is 0 Å². The molecule has 194 valence electrons. The Morgan fingerprint density at radius 2 is 1.86 bits per heavy atom. The minimum Gasteiger partial charge on any atom is -0.458 e. The molecule has 0 radical (unpaired) electrons.